The molecule has 0 aromatic heterocycles. The summed E-state index contributed by atoms with van der Waals surface area (Å²) in [5.41, 5.74) is 1.38. The fraction of sp³-hybridized carbons (Fsp3) is 0.133. The van der Waals surface area contributed by atoms with Crippen LogP contribution in [-0.4, -0.2) is 13.0 Å². The molecule has 0 saturated carbocycles. The first kappa shape index (κ1) is 14.7. The van der Waals surface area contributed by atoms with Crippen LogP contribution in [0.2, 0.25) is 10.0 Å². The van der Waals surface area contributed by atoms with Crippen LogP contribution in [0.3, 0.4) is 0 Å². The molecule has 0 bridgehead atoms. The highest BCUT2D eigenvalue weighted by atomic mass is 35.5. The second kappa shape index (κ2) is 6.64. The van der Waals surface area contributed by atoms with E-state index in [4.69, 9.17) is 27.9 Å². The van der Waals surface area contributed by atoms with Crippen LogP contribution in [0.1, 0.15) is 15.9 Å². The smallest absolute Gasteiger partial charge is 0.251 e. The first-order valence-corrected chi connectivity index (χ1v) is 6.74. The molecule has 0 aliphatic heterocycles. The molecule has 0 aliphatic carbocycles. The van der Waals surface area contributed by atoms with E-state index in [1.807, 2.05) is 6.07 Å². The summed E-state index contributed by atoms with van der Waals surface area (Å²) in [6, 6.07) is 12.2. The molecule has 0 aliphatic rings. The molecule has 0 radical (unpaired) electrons. The van der Waals surface area contributed by atoms with Crippen LogP contribution in [0, 0.1) is 0 Å². The number of halogens is 2. The topological polar surface area (TPSA) is 38.3 Å². The van der Waals surface area contributed by atoms with Crippen molar-refractivity contribution in [3.8, 4) is 5.75 Å². The lowest BCUT2D eigenvalue weighted by atomic mass is 10.2. The number of hydrogen-bond acceptors (Lipinski definition) is 2. The maximum absolute atomic E-state index is 11.5. The lowest BCUT2D eigenvalue weighted by Gasteiger charge is -2.09. The molecule has 0 fully saturated rings. The van der Waals surface area contributed by atoms with Gasteiger partial charge in [-0.05, 0) is 30.3 Å². The SMILES string of the molecule is CNC(=O)c1cccc(OCc2ccc(Cl)cc2Cl)c1. The Hall–Kier alpha value is -1.71. The van der Waals surface area contributed by atoms with Crippen molar-refractivity contribution in [2.24, 2.45) is 0 Å². The van der Waals surface area contributed by atoms with E-state index >= 15 is 0 Å². The van der Waals surface area contributed by atoms with E-state index < -0.39 is 0 Å². The number of rotatable bonds is 4. The van der Waals surface area contributed by atoms with Gasteiger partial charge in [-0.3, -0.25) is 4.79 Å². The van der Waals surface area contributed by atoms with Crippen molar-refractivity contribution >= 4 is 29.1 Å². The van der Waals surface area contributed by atoms with E-state index in [2.05, 4.69) is 5.32 Å². The van der Waals surface area contributed by atoms with Crippen LogP contribution in [0.15, 0.2) is 42.5 Å². The van der Waals surface area contributed by atoms with Gasteiger partial charge in [0.15, 0.2) is 0 Å². The average molecular weight is 310 g/mol. The number of benzene rings is 2. The number of nitrogens with one attached hydrogen (secondary N) is 1. The van der Waals surface area contributed by atoms with Crippen molar-refractivity contribution in [3.05, 3.63) is 63.6 Å². The van der Waals surface area contributed by atoms with E-state index in [1.165, 1.54) is 0 Å². The van der Waals surface area contributed by atoms with Gasteiger partial charge in [0.25, 0.3) is 5.91 Å². The normalized spacial score (nSPS) is 10.2. The number of hydrogen-bond donors (Lipinski definition) is 1. The number of ether oxygens (including phenoxy) is 1. The Labute approximate surface area is 127 Å². The summed E-state index contributed by atoms with van der Waals surface area (Å²) < 4.78 is 5.64. The molecule has 104 valence electrons. The minimum atomic E-state index is -0.153. The monoisotopic (exact) mass is 309 g/mol. The van der Waals surface area contributed by atoms with E-state index in [0.29, 0.717) is 28.0 Å². The van der Waals surface area contributed by atoms with Gasteiger partial charge in [0.05, 0.1) is 0 Å². The molecule has 3 nitrogen and oxygen atoms in total. The van der Waals surface area contributed by atoms with E-state index in [1.54, 1.807) is 43.4 Å². The van der Waals surface area contributed by atoms with Gasteiger partial charge in [0.1, 0.15) is 12.4 Å². The molecule has 0 spiro atoms. The molecule has 0 saturated heterocycles. The molecule has 2 aromatic rings. The standard InChI is InChI=1S/C15H13Cl2NO2/c1-18-15(19)10-3-2-4-13(7-10)20-9-11-5-6-12(16)8-14(11)17/h2-8H,9H2,1H3,(H,18,19). The van der Waals surface area contributed by atoms with Gasteiger partial charge >= 0.3 is 0 Å². The lowest BCUT2D eigenvalue weighted by Crippen LogP contribution is -2.17. The number of amides is 1. The maximum atomic E-state index is 11.5. The lowest BCUT2D eigenvalue weighted by molar-refractivity contribution is 0.0962. The summed E-state index contributed by atoms with van der Waals surface area (Å²) in [6.07, 6.45) is 0. The zero-order valence-electron chi connectivity index (χ0n) is 10.8. The Bertz CT molecular complexity index is 629. The molecule has 20 heavy (non-hydrogen) atoms. The first-order chi connectivity index (χ1) is 9.60. The van der Waals surface area contributed by atoms with Crippen LogP contribution in [0.25, 0.3) is 0 Å². The summed E-state index contributed by atoms with van der Waals surface area (Å²) in [4.78, 5) is 11.5. The molecule has 1 amide bonds. The van der Waals surface area contributed by atoms with Gasteiger partial charge in [-0.15, -0.1) is 0 Å². The highest BCUT2D eigenvalue weighted by Gasteiger charge is 2.06. The molecule has 0 heterocycles. The third kappa shape index (κ3) is 3.65. The Balaban J connectivity index is 2.09. The molecular formula is C15H13Cl2NO2. The van der Waals surface area contributed by atoms with E-state index in [9.17, 15) is 4.79 Å². The van der Waals surface area contributed by atoms with Crippen LogP contribution in [-0.2, 0) is 6.61 Å². The summed E-state index contributed by atoms with van der Waals surface area (Å²) >= 11 is 11.9. The predicted octanol–water partition coefficient (Wildman–Crippen LogP) is 3.93. The molecule has 1 N–H and O–H groups in total. The number of carbonyl (C=O) groups excluding carboxylic acids is 1. The van der Waals surface area contributed by atoms with Crippen molar-refractivity contribution in [3.63, 3.8) is 0 Å². The summed E-state index contributed by atoms with van der Waals surface area (Å²) in [5, 5.41) is 3.71. The van der Waals surface area contributed by atoms with Crippen molar-refractivity contribution in [2.45, 2.75) is 6.61 Å². The minimum absolute atomic E-state index is 0.153. The van der Waals surface area contributed by atoms with Crippen molar-refractivity contribution < 1.29 is 9.53 Å². The quantitative estimate of drug-likeness (QED) is 0.929. The van der Waals surface area contributed by atoms with Crippen LogP contribution >= 0.6 is 23.2 Å². The fourth-order valence-electron chi connectivity index (χ4n) is 1.67. The largest absolute Gasteiger partial charge is 0.489 e. The predicted molar refractivity (Wildman–Crippen MR) is 80.6 cm³/mol. The van der Waals surface area contributed by atoms with Gasteiger partial charge in [0, 0.05) is 28.2 Å². The van der Waals surface area contributed by atoms with Crippen LogP contribution in [0.4, 0.5) is 0 Å². The molecule has 0 atom stereocenters. The van der Waals surface area contributed by atoms with Gasteiger partial charge < -0.3 is 10.1 Å². The summed E-state index contributed by atoms with van der Waals surface area (Å²) in [7, 11) is 1.59. The molecule has 0 unspecified atom stereocenters. The Kier molecular flexibility index (Phi) is 4.88. The highest BCUT2D eigenvalue weighted by Crippen LogP contribution is 2.23. The molecular weight excluding hydrogens is 297 g/mol. The zero-order valence-corrected chi connectivity index (χ0v) is 12.3. The molecule has 2 aromatic carbocycles. The second-order valence-corrected chi connectivity index (χ2v) is 4.97. The maximum Gasteiger partial charge on any atom is 0.251 e. The molecule has 5 heteroatoms. The molecule has 2 rings (SSSR count). The second-order valence-electron chi connectivity index (χ2n) is 4.13. The fourth-order valence-corrected chi connectivity index (χ4v) is 2.13. The van der Waals surface area contributed by atoms with Gasteiger partial charge in [-0.1, -0.05) is 35.3 Å². The average Bonchev–Trinajstić information content (AvgIpc) is 2.46. The minimum Gasteiger partial charge on any atom is -0.489 e. The van der Waals surface area contributed by atoms with Crippen molar-refractivity contribution in [2.75, 3.05) is 7.05 Å². The Morgan fingerprint density at radius 1 is 1.20 bits per heavy atom. The first-order valence-electron chi connectivity index (χ1n) is 5.99. The van der Waals surface area contributed by atoms with E-state index in [0.717, 1.165) is 5.56 Å². The Morgan fingerprint density at radius 2 is 2.00 bits per heavy atom. The van der Waals surface area contributed by atoms with Crippen molar-refractivity contribution in [1.82, 2.24) is 5.32 Å². The van der Waals surface area contributed by atoms with Crippen LogP contribution in [0.5, 0.6) is 5.75 Å². The third-order valence-corrected chi connectivity index (χ3v) is 3.32. The van der Waals surface area contributed by atoms with Gasteiger partial charge in [-0.2, -0.15) is 0 Å². The van der Waals surface area contributed by atoms with E-state index in [-0.39, 0.29) is 5.91 Å². The summed E-state index contributed by atoms with van der Waals surface area (Å²) in [6.45, 7) is 0.313. The zero-order chi connectivity index (χ0) is 14.5. The van der Waals surface area contributed by atoms with Gasteiger partial charge in [0.2, 0.25) is 0 Å². The van der Waals surface area contributed by atoms with Crippen LogP contribution < -0.4 is 10.1 Å². The Morgan fingerprint density at radius 3 is 2.70 bits per heavy atom. The third-order valence-electron chi connectivity index (χ3n) is 2.73. The van der Waals surface area contributed by atoms with Gasteiger partial charge in [-0.25, -0.2) is 0 Å². The van der Waals surface area contributed by atoms with Crippen molar-refractivity contribution in [1.29, 1.82) is 0 Å². The highest BCUT2D eigenvalue weighted by molar-refractivity contribution is 6.35. The number of carbonyl (C=O) groups is 1. The summed E-state index contributed by atoms with van der Waals surface area (Å²) in [5.74, 6) is 0.456.